The standard InChI is InChI=1S/C17H27N3/c1-13(2)9-18-10-14-6-7-19-17(8-14)20-11-15-4-3-5-16(15)12-20/h6-8,13,15-16,18H,3-5,9-12H2,1-2H3. The first-order chi connectivity index (χ1) is 9.72. The zero-order chi connectivity index (χ0) is 13.9. The third kappa shape index (κ3) is 3.14. The Labute approximate surface area is 122 Å². The molecule has 1 aliphatic heterocycles. The number of rotatable bonds is 5. The largest absolute Gasteiger partial charge is 0.356 e. The number of hydrogen-bond donors (Lipinski definition) is 1. The predicted octanol–water partition coefficient (Wildman–Crippen LogP) is 3.06. The molecule has 110 valence electrons. The van der Waals surface area contributed by atoms with Gasteiger partial charge in [0, 0.05) is 25.8 Å². The van der Waals surface area contributed by atoms with Gasteiger partial charge in [-0.25, -0.2) is 4.98 Å². The summed E-state index contributed by atoms with van der Waals surface area (Å²) < 4.78 is 0. The van der Waals surface area contributed by atoms with Crippen molar-refractivity contribution < 1.29 is 0 Å². The molecule has 0 spiro atoms. The van der Waals surface area contributed by atoms with Gasteiger partial charge in [0.25, 0.3) is 0 Å². The molecule has 1 aliphatic carbocycles. The average molecular weight is 273 g/mol. The Bertz CT molecular complexity index is 432. The van der Waals surface area contributed by atoms with Crippen LogP contribution in [0.1, 0.15) is 38.7 Å². The lowest BCUT2D eigenvalue weighted by molar-refractivity contribution is 0.494. The highest BCUT2D eigenvalue weighted by molar-refractivity contribution is 5.42. The number of nitrogens with zero attached hydrogens (tertiary/aromatic N) is 2. The van der Waals surface area contributed by atoms with Gasteiger partial charge in [-0.2, -0.15) is 0 Å². The quantitative estimate of drug-likeness (QED) is 0.893. The summed E-state index contributed by atoms with van der Waals surface area (Å²) in [6.45, 7) is 8.96. The maximum Gasteiger partial charge on any atom is 0.128 e. The second-order valence-corrected chi connectivity index (χ2v) is 6.90. The van der Waals surface area contributed by atoms with Gasteiger partial charge in [0.05, 0.1) is 0 Å². The van der Waals surface area contributed by atoms with E-state index in [4.69, 9.17) is 0 Å². The minimum Gasteiger partial charge on any atom is -0.356 e. The summed E-state index contributed by atoms with van der Waals surface area (Å²) in [7, 11) is 0. The van der Waals surface area contributed by atoms with Crippen LogP contribution in [0.2, 0.25) is 0 Å². The lowest BCUT2D eigenvalue weighted by atomic mass is 10.0. The van der Waals surface area contributed by atoms with Gasteiger partial charge in [0.2, 0.25) is 0 Å². The Morgan fingerprint density at radius 1 is 1.30 bits per heavy atom. The minimum atomic E-state index is 0.703. The van der Waals surface area contributed by atoms with Crippen molar-refractivity contribution in [3.05, 3.63) is 23.9 Å². The molecule has 1 aromatic rings. The van der Waals surface area contributed by atoms with Crippen LogP contribution in [-0.4, -0.2) is 24.6 Å². The van der Waals surface area contributed by atoms with Crippen LogP contribution in [0.3, 0.4) is 0 Å². The maximum absolute atomic E-state index is 4.59. The third-order valence-electron chi connectivity index (χ3n) is 4.74. The lowest BCUT2D eigenvalue weighted by Gasteiger charge is -2.19. The fraction of sp³-hybridized carbons (Fsp3) is 0.706. The van der Waals surface area contributed by atoms with E-state index in [-0.39, 0.29) is 0 Å². The van der Waals surface area contributed by atoms with Gasteiger partial charge in [-0.1, -0.05) is 20.3 Å². The molecule has 20 heavy (non-hydrogen) atoms. The Balaban J connectivity index is 1.60. The van der Waals surface area contributed by atoms with Crippen molar-refractivity contribution in [1.82, 2.24) is 10.3 Å². The molecular formula is C17H27N3. The first kappa shape index (κ1) is 13.9. The normalized spacial score (nSPS) is 25.4. The maximum atomic E-state index is 4.59. The molecule has 3 rings (SSSR count). The van der Waals surface area contributed by atoms with E-state index in [1.54, 1.807) is 0 Å². The lowest BCUT2D eigenvalue weighted by Crippen LogP contribution is -2.23. The topological polar surface area (TPSA) is 28.2 Å². The molecule has 0 radical (unpaired) electrons. The molecule has 2 aliphatic rings. The van der Waals surface area contributed by atoms with Crippen molar-refractivity contribution in [3.8, 4) is 0 Å². The summed E-state index contributed by atoms with van der Waals surface area (Å²) >= 11 is 0. The summed E-state index contributed by atoms with van der Waals surface area (Å²) in [5, 5.41) is 3.51. The van der Waals surface area contributed by atoms with Gasteiger partial charge in [-0.05, 0) is 54.8 Å². The van der Waals surface area contributed by atoms with E-state index in [9.17, 15) is 0 Å². The highest BCUT2D eigenvalue weighted by Crippen LogP contribution is 2.39. The fourth-order valence-corrected chi connectivity index (χ4v) is 3.67. The molecular weight excluding hydrogens is 246 g/mol. The van der Waals surface area contributed by atoms with Gasteiger partial charge in [-0.15, -0.1) is 0 Å². The van der Waals surface area contributed by atoms with Crippen molar-refractivity contribution in [2.75, 3.05) is 24.5 Å². The van der Waals surface area contributed by atoms with E-state index < -0.39 is 0 Å². The second kappa shape index (κ2) is 6.13. The fourth-order valence-electron chi connectivity index (χ4n) is 3.67. The molecule has 0 bridgehead atoms. The van der Waals surface area contributed by atoms with Crippen LogP contribution >= 0.6 is 0 Å². The Kier molecular flexibility index (Phi) is 4.25. The molecule has 1 saturated heterocycles. The van der Waals surface area contributed by atoms with Crippen LogP contribution in [0.15, 0.2) is 18.3 Å². The monoisotopic (exact) mass is 273 g/mol. The number of fused-ring (bicyclic) bond motifs is 1. The van der Waals surface area contributed by atoms with Crippen LogP contribution in [0.4, 0.5) is 5.82 Å². The SMILES string of the molecule is CC(C)CNCc1ccnc(N2CC3CCCC3C2)c1. The highest BCUT2D eigenvalue weighted by atomic mass is 15.2. The summed E-state index contributed by atoms with van der Waals surface area (Å²) in [6.07, 6.45) is 6.26. The van der Waals surface area contributed by atoms with Gasteiger partial charge < -0.3 is 10.2 Å². The molecule has 1 aromatic heterocycles. The van der Waals surface area contributed by atoms with Gasteiger partial charge >= 0.3 is 0 Å². The first-order valence-corrected chi connectivity index (χ1v) is 8.13. The van der Waals surface area contributed by atoms with Crippen LogP contribution in [-0.2, 0) is 6.54 Å². The molecule has 2 atom stereocenters. The van der Waals surface area contributed by atoms with Crippen molar-refractivity contribution in [2.24, 2.45) is 17.8 Å². The Morgan fingerprint density at radius 3 is 2.75 bits per heavy atom. The van der Waals surface area contributed by atoms with Crippen molar-refractivity contribution >= 4 is 5.82 Å². The van der Waals surface area contributed by atoms with Gasteiger partial charge in [-0.3, -0.25) is 0 Å². The Hall–Kier alpha value is -1.09. The molecule has 2 unspecified atom stereocenters. The molecule has 3 nitrogen and oxygen atoms in total. The second-order valence-electron chi connectivity index (χ2n) is 6.90. The van der Waals surface area contributed by atoms with E-state index in [1.165, 1.54) is 43.7 Å². The van der Waals surface area contributed by atoms with Crippen LogP contribution in [0.5, 0.6) is 0 Å². The van der Waals surface area contributed by atoms with E-state index >= 15 is 0 Å². The summed E-state index contributed by atoms with van der Waals surface area (Å²) in [4.78, 5) is 7.09. The number of anilines is 1. The zero-order valence-corrected chi connectivity index (χ0v) is 12.8. The van der Waals surface area contributed by atoms with Crippen LogP contribution < -0.4 is 10.2 Å². The smallest absolute Gasteiger partial charge is 0.128 e. The summed E-state index contributed by atoms with van der Waals surface area (Å²) in [6, 6.07) is 4.40. The van der Waals surface area contributed by atoms with E-state index in [0.29, 0.717) is 5.92 Å². The molecule has 3 heteroatoms. The van der Waals surface area contributed by atoms with Crippen molar-refractivity contribution in [2.45, 2.75) is 39.7 Å². The van der Waals surface area contributed by atoms with Gasteiger partial charge in [0.15, 0.2) is 0 Å². The number of hydrogen-bond acceptors (Lipinski definition) is 3. The molecule has 2 heterocycles. The van der Waals surface area contributed by atoms with Gasteiger partial charge in [0.1, 0.15) is 5.82 Å². The van der Waals surface area contributed by atoms with Crippen LogP contribution in [0.25, 0.3) is 0 Å². The third-order valence-corrected chi connectivity index (χ3v) is 4.74. The summed E-state index contributed by atoms with van der Waals surface area (Å²) in [5.41, 5.74) is 1.35. The highest BCUT2D eigenvalue weighted by Gasteiger charge is 2.36. The van der Waals surface area contributed by atoms with E-state index in [2.05, 4.69) is 41.2 Å². The van der Waals surface area contributed by atoms with Crippen molar-refractivity contribution in [1.29, 1.82) is 0 Å². The number of pyridine rings is 1. The average Bonchev–Trinajstić information content (AvgIpc) is 2.99. The zero-order valence-electron chi connectivity index (χ0n) is 12.8. The molecule has 1 saturated carbocycles. The number of nitrogens with one attached hydrogen (secondary N) is 1. The number of aromatic nitrogens is 1. The molecule has 0 amide bonds. The molecule has 2 fully saturated rings. The van der Waals surface area contributed by atoms with E-state index in [0.717, 1.165) is 24.9 Å². The van der Waals surface area contributed by atoms with Crippen LogP contribution in [0, 0.1) is 17.8 Å². The van der Waals surface area contributed by atoms with Crippen molar-refractivity contribution in [3.63, 3.8) is 0 Å². The minimum absolute atomic E-state index is 0.703. The first-order valence-electron chi connectivity index (χ1n) is 8.13. The van der Waals surface area contributed by atoms with E-state index in [1.807, 2.05) is 6.20 Å². The molecule has 1 N–H and O–H groups in total. The summed E-state index contributed by atoms with van der Waals surface area (Å²) in [5.74, 6) is 3.75. The Morgan fingerprint density at radius 2 is 2.05 bits per heavy atom. The predicted molar refractivity (Wildman–Crippen MR) is 83.8 cm³/mol. The molecule has 0 aromatic carbocycles.